The van der Waals surface area contributed by atoms with Crippen LogP contribution in [0.25, 0.3) is 0 Å². The van der Waals surface area contributed by atoms with Crippen LogP contribution in [0.5, 0.6) is 0 Å². The van der Waals surface area contributed by atoms with Gasteiger partial charge in [-0.3, -0.25) is 0 Å². The van der Waals surface area contributed by atoms with Crippen molar-refractivity contribution in [3.8, 4) is 0 Å². The molecule has 2 rings (SSSR count). The number of rotatable bonds is 15. The van der Waals surface area contributed by atoms with Crippen LogP contribution in [0, 0.1) is 0 Å². The molecular weight excluding hydrogens is 416 g/mol. The van der Waals surface area contributed by atoms with Crippen LogP contribution in [0.2, 0.25) is 18.1 Å². The molecule has 0 radical (unpaired) electrons. The number of carbonyl (C=O) groups excluding carboxylic acids is 1. The van der Waals surface area contributed by atoms with Crippen LogP contribution in [0.1, 0.15) is 111 Å². The van der Waals surface area contributed by atoms with Gasteiger partial charge in [0.05, 0.1) is 18.3 Å². The molecular formula is C27H50O4Si. The Bertz CT molecular complexity index is 581. The fourth-order valence-electron chi connectivity index (χ4n) is 4.50. The molecule has 0 amide bonds. The summed E-state index contributed by atoms with van der Waals surface area (Å²) in [6.45, 7) is 13.9. The quantitative estimate of drug-likeness (QED) is 0.141. The maximum atomic E-state index is 11.5. The molecule has 4 nitrogen and oxygen atoms in total. The number of unbranched alkanes of at least 4 members (excludes halogenated alkanes) is 9. The predicted molar refractivity (Wildman–Crippen MR) is 135 cm³/mol. The molecule has 5 heteroatoms. The molecule has 2 heterocycles. The van der Waals surface area contributed by atoms with E-state index >= 15 is 0 Å². The lowest BCUT2D eigenvalue weighted by molar-refractivity contribution is -0.145. The van der Waals surface area contributed by atoms with Gasteiger partial charge in [0.2, 0.25) is 0 Å². The van der Waals surface area contributed by atoms with Gasteiger partial charge < -0.3 is 13.9 Å². The van der Waals surface area contributed by atoms with Crippen LogP contribution < -0.4 is 0 Å². The molecule has 0 aliphatic carbocycles. The second-order valence-electron chi connectivity index (χ2n) is 11.4. The number of hydrogen-bond donors (Lipinski definition) is 0. The van der Waals surface area contributed by atoms with Gasteiger partial charge in [0.15, 0.2) is 8.32 Å². The minimum Gasteiger partial charge on any atom is -0.452 e. The monoisotopic (exact) mass is 466 g/mol. The first kappa shape index (κ1) is 27.6. The van der Waals surface area contributed by atoms with Gasteiger partial charge in [-0.1, -0.05) is 91.9 Å². The van der Waals surface area contributed by atoms with Crippen molar-refractivity contribution in [3.05, 3.63) is 12.2 Å². The van der Waals surface area contributed by atoms with Gasteiger partial charge >= 0.3 is 5.97 Å². The van der Waals surface area contributed by atoms with Crippen LogP contribution >= 0.6 is 0 Å². The van der Waals surface area contributed by atoms with E-state index in [1.54, 1.807) is 0 Å². The van der Waals surface area contributed by atoms with Gasteiger partial charge in [-0.15, -0.1) is 0 Å². The highest BCUT2D eigenvalue weighted by molar-refractivity contribution is 6.74. The summed E-state index contributed by atoms with van der Waals surface area (Å²) in [6.07, 6.45) is 19.9. The molecule has 0 aromatic rings. The molecule has 0 bridgehead atoms. The van der Waals surface area contributed by atoms with Crippen molar-refractivity contribution >= 4 is 14.3 Å². The highest BCUT2D eigenvalue weighted by Crippen LogP contribution is 2.40. The molecule has 0 N–H and O–H groups in total. The zero-order valence-corrected chi connectivity index (χ0v) is 22.8. The summed E-state index contributed by atoms with van der Waals surface area (Å²) in [6, 6.07) is 0. The first-order valence-electron chi connectivity index (χ1n) is 13.4. The molecule has 4 atom stereocenters. The van der Waals surface area contributed by atoms with Crippen molar-refractivity contribution in [1.82, 2.24) is 0 Å². The summed E-state index contributed by atoms with van der Waals surface area (Å²) < 4.78 is 18.7. The van der Waals surface area contributed by atoms with Crippen molar-refractivity contribution in [2.45, 2.75) is 154 Å². The molecule has 2 aliphatic rings. The predicted octanol–water partition coefficient (Wildman–Crippen LogP) is 7.72. The molecule has 1 saturated heterocycles. The number of esters is 1. The Morgan fingerprint density at radius 2 is 1.59 bits per heavy atom. The number of carbonyl (C=O) groups is 1. The SMILES string of the molecule is CCCCCCCCCCCC[C@H](O[Si](C)(C)C(C)(C)C)[C@@H]1CC[C@@H]([C@@H]2C=CC(=O)O2)O1. The second-order valence-corrected chi connectivity index (χ2v) is 16.2. The molecule has 0 saturated carbocycles. The normalized spacial score (nSPS) is 24.8. The summed E-state index contributed by atoms with van der Waals surface area (Å²) in [5.74, 6) is -0.249. The third kappa shape index (κ3) is 8.94. The van der Waals surface area contributed by atoms with Crippen LogP contribution in [0.3, 0.4) is 0 Å². The van der Waals surface area contributed by atoms with Gasteiger partial charge in [0.1, 0.15) is 6.10 Å². The molecule has 0 unspecified atom stereocenters. The van der Waals surface area contributed by atoms with Crippen LogP contribution in [0.4, 0.5) is 0 Å². The fourth-order valence-corrected chi connectivity index (χ4v) is 5.88. The van der Waals surface area contributed by atoms with Crippen molar-refractivity contribution in [1.29, 1.82) is 0 Å². The van der Waals surface area contributed by atoms with Crippen molar-refractivity contribution < 1.29 is 18.7 Å². The first-order valence-corrected chi connectivity index (χ1v) is 16.3. The van der Waals surface area contributed by atoms with E-state index in [1.165, 1.54) is 70.3 Å². The molecule has 186 valence electrons. The molecule has 0 aromatic heterocycles. The van der Waals surface area contributed by atoms with Crippen molar-refractivity contribution in [3.63, 3.8) is 0 Å². The van der Waals surface area contributed by atoms with Gasteiger partial charge in [-0.25, -0.2) is 4.79 Å². The maximum Gasteiger partial charge on any atom is 0.331 e. The lowest BCUT2D eigenvalue weighted by Gasteiger charge is -2.41. The van der Waals surface area contributed by atoms with E-state index < -0.39 is 8.32 Å². The highest BCUT2D eigenvalue weighted by Gasteiger charge is 2.43. The van der Waals surface area contributed by atoms with Crippen molar-refractivity contribution in [2.24, 2.45) is 0 Å². The minimum absolute atomic E-state index is 0.0269. The largest absolute Gasteiger partial charge is 0.452 e. The van der Waals surface area contributed by atoms with Crippen LogP contribution in [0.15, 0.2) is 12.2 Å². The summed E-state index contributed by atoms with van der Waals surface area (Å²) in [4.78, 5) is 11.5. The molecule has 2 aliphatic heterocycles. The van der Waals surface area contributed by atoms with Gasteiger partial charge in [-0.05, 0) is 43.5 Å². The lowest BCUT2D eigenvalue weighted by atomic mass is 10.0. The zero-order chi connectivity index (χ0) is 23.6. The second kappa shape index (κ2) is 13.3. The first-order chi connectivity index (χ1) is 15.1. The third-order valence-electron chi connectivity index (χ3n) is 7.63. The minimum atomic E-state index is -1.88. The van der Waals surface area contributed by atoms with E-state index in [-0.39, 0.29) is 35.4 Å². The smallest absolute Gasteiger partial charge is 0.331 e. The summed E-state index contributed by atoms with van der Waals surface area (Å²) in [7, 11) is -1.88. The molecule has 0 aromatic carbocycles. The summed E-state index contributed by atoms with van der Waals surface area (Å²) in [5, 5.41) is 0.185. The van der Waals surface area contributed by atoms with Crippen LogP contribution in [-0.2, 0) is 18.7 Å². The lowest BCUT2D eigenvalue weighted by Crippen LogP contribution is -2.47. The number of cyclic esters (lactones) is 1. The Balaban J connectivity index is 1.79. The van der Waals surface area contributed by atoms with E-state index in [9.17, 15) is 4.79 Å². The average molecular weight is 467 g/mol. The van der Waals surface area contributed by atoms with Gasteiger partial charge in [-0.2, -0.15) is 0 Å². The zero-order valence-electron chi connectivity index (χ0n) is 21.8. The summed E-state index contributed by atoms with van der Waals surface area (Å²) in [5.41, 5.74) is 0. The fraction of sp³-hybridized carbons (Fsp3) is 0.889. The molecule has 0 spiro atoms. The van der Waals surface area contributed by atoms with E-state index in [4.69, 9.17) is 13.9 Å². The van der Waals surface area contributed by atoms with Gasteiger partial charge in [0, 0.05) is 6.08 Å². The topological polar surface area (TPSA) is 44.8 Å². The third-order valence-corrected chi connectivity index (χ3v) is 12.1. The van der Waals surface area contributed by atoms with Crippen molar-refractivity contribution in [2.75, 3.05) is 0 Å². The Morgan fingerprint density at radius 3 is 2.12 bits per heavy atom. The van der Waals surface area contributed by atoms with E-state index in [0.717, 1.165) is 19.3 Å². The Kier molecular flexibility index (Phi) is 11.5. The van der Waals surface area contributed by atoms with E-state index in [1.807, 2.05) is 6.08 Å². The van der Waals surface area contributed by atoms with Gasteiger partial charge in [0.25, 0.3) is 0 Å². The van der Waals surface area contributed by atoms with E-state index in [0.29, 0.717) is 0 Å². The summed E-state index contributed by atoms with van der Waals surface area (Å²) >= 11 is 0. The standard InChI is InChI=1S/C27H50O4Si/c1-7-8-9-10-11-12-13-14-15-16-17-25(31-32(5,6)27(2,3)4)24-19-18-22(29-24)23-20-21-26(28)30-23/h20-25H,7-19H2,1-6H3/t22-,23-,24-,25-/m0/s1. The molecule has 32 heavy (non-hydrogen) atoms. The Morgan fingerprint density at radius 1 is 1.00 bits per heavy atom. The highest BCUT2D eigenvalue weighted by atomic mass is 28.4. The van der Waals surface area contributed by atoms with Crippen LogP contribution in [-0.4, -0.2) is 38.7 Å². The number of hydrogen-bond acceptors (Lipinski definition) is 4. The Hall–Kier alpha value is -0.653. The Labute approximate surface area is 199 Å². The maximum absolute atomic E-state index is 11.5. The average Bonchev–Trinajstić information content (AvgIpc) is 3.36. The van der Waals surface area contributed by atoms with E-state index in [2.05, 4.69) is 40.8 Å². The molecule has 1 fully saturated rings. The number of ether oxygens (including phenoxy) is 2.